The van der Waals surface area contributed by atoms with Crippen LogP contribution in [0.5, 0.6) is 0 Å². The van der Waals surface area contributed by atoms with Gasteiger partial charge in [-0.15, -0.1) is 0 Å². The lowest BCUT2D eigenvalue weighted by Gasteiger charge is -2.11. The summed E-state index contributed by atoms with van der Waals surface area (Å²) in [6.45, 7) is 0. The summed E-state index contributed by atoms with van der Waals surface area (Å²) in [6, 6.07) is 4.94. The Kier molecular flexibility index (Phi) is 2.38. The summed E-state index contributed by atoms with van der Waals surface area (Å²) in [5, 5.41) is 8.30. The minimum Gasteiger partial charge on any atom is -0.301 e. The maximum atomic E-state index is 10.8. The van der Waals surface area contributed by atoms with Gasteiger partial charge in [0.05, 0.1) is 11.9 Å². The van der Waals surface area contributed by atoms with E-state index in [1.807, 2.05) is 0 Å². The molecule has 0 fully saturated rings. The van der Waals surface area contributed by atoms with Crippen molar-refractivity contribution in [1.29, 1.82) is 5.26 Å². The molecule has 1 rings (SSSR count). The number of carbonyl (C=O) groups is 1. The van der Waals surface area contributed by atoms with Gasteiger partial charge in [-0.05, 0) is 12.1 Å². The first kappa shape index (κ1) is 8.21. The summed E-state index contributed by atoms with van der Waals surface area (Å²) in [7, 11) is 1.53. The van der Waals surface area contributed by atoms with Crippen molar-refractivity contribution in [3.05, 3.63) is 24.5 Å². The van der Waals surface area contributed by atoms with Gasteiger partial charge >= 0.3 is 5.91 Å². The topological polar surface area (TPSA) is 57.0 Å². The summed E-state index contributed by atoms with van der Waals surface area (Å²) >= 11 is 0. The second kappa shape index (κ2) is 3.49. The van der Waals surface area contributed by atoms with Gasteiger partial charge in [0.15, 0.2) is 6.07 Å². The number of aromatic nitrogens is 1. The monoisotopic (exact) mass is 161 g/mol. The van der Waals surface area contributed by atoms with Crippen molar-refractivity contribution in [2.75, 3.05) is 11.9 Å². The molecule has 4 heteroatoms. The van der Waals surface area contributed by atoms with Crippen LogP contribution < -0.4 is 4.90 Å². The first-order valence-corrected chi connectivity index (χ1v) is 3.33. The van der Waals surface area contributed by atoms with Crippen LogP contribution in [0, 0.1) is 11.3 Å². The van der Waals surface area contributed by atoms with Crippen LogP contribution in [0.25, 0.3) is 0 Å². The van der Waals surface area contributed by atoms with Gasteiger partial charge in [-0.1, -0.05) is 0 Å². The summed E-state index contributed by atoms with van der Waals surface area (Å²) in [6.07, 6.45) is 3.13. The molecule has 1 amide bonds. The predicted octanol–water partition coefficient (Wildman–Crippen LogP) is 0.568. The fraction of sp³-hybridized carbons (Fsp3) is 0.125. The van der Waals surface area contributed by atoms with Crippen molar-refractivity contribution in [3.8, 4) is 6.07 Å². The molecule has 0 bridgehead atoms. The van der Waals surface area contributed by atoms with E-state index in [2.05, 4.69) is 4.98 Å². The van der Waals surface area contributed by atoms with Crippen molar-refractivity contribution in [2.24, 2.45) is 0 Å². The highest BCUT2D eigenvalue weighted by Crippen LogP contribution is 2.08. The Balaban J connectivity index is 2.87. The van der Waals surface area contributed by atoms with Crippen molar-refractivity contribution >= 4 is 11.6 Å². The standard InChI is InChI=1S/C8H7N3O/c1-11(8(12)5-9)7-3-2-4-10-6-7/h2-4,6H,1H3. The average Bonchev–Trinajstić information content (AvgIpc) is 2.17. The van der Waals surface area contributed by atoms with Gasteiger partial charge in [-0.3, -0.25) is 9.78 Å². The molecule has 0 radical (unpaired) electrons. The van der Waals surface area contributed by atoms with E-state index in [1.165, 1.54) is 24.2 Å². The highest BCUT2D eigenvalue weighted by Gasteiger charge is 2.07. The molecule has 60 valence electrons. The number of carbonyl (C=O) groups excluding carboxylic acids is 1. The van der Waals surface area contributed by atoms with Crippen LogP contribution in [0.1, 0.15) is 0 Å². The van der Waals surface area contributed by atoms with E-state index in [4.69, 9.17) is 5.26 Å². The molecule has 0 aromatic carbocycles. The maximum Gasteiger partial charge on any atom is 0.329 e. The zero-order chi connectivity index (χ0) is 8.97. The van der Waals surface area contributed by atoms with Crippen LogP contribution in [0.15, 0.2) is 24.5 Å². The summed E-state index contributed by atoms with van der Waals surface area (Å²) in [5.41, 5.74) is 0.615. The van der Waals surface area contributed by atoms with E-state index < -0.39 is 5.91 Å². The predicted molar refractivity (Wildman–Crippen MR) is 43.3 cm³/mol. The summed E-state index contributed by atoms with van der Waals surface area (Å²) in [4.78, 5) is 15.9. The molecule has 4 nitrogen and oxygen atoms in total. The third-order valence-corrected chi connectivity index (χ3v) is 1.43. The highest BCUT2D eigenvalue weighted by molar-refractivity contribution is 6.03. The molecule has 0 spiro atoms. The lowest BCUT2D eigenvalue weighted by molar-refractivity contribution is -0.113. The molecule has 0 saturated heterocycles. The number of rotatable bonds is 1. The van der Waals surface area contributed by atoms with Crippen molar-refractivity contribution in [3.63, 3.8) is 0 Å². The molecular formula is C8H7N3O. The van der Waals surface area contributed by atoms with Gasteiger partial charge in [-0.25, -0.2) is 0 Å². The first-order valence-electron chi connectivity index (χ1n) is 3.33. The van der Waals surface area contributed by atoms with Gasteiger partial charge in [0.25, 0.3) is 0 Å². The number of pyridine rings is 1. The number of anilines is 1. The number of nitrogens with zero attached hydrogens (tertiary/aromatic N) is 3. The van der Waals surface area contributed by atoms with E-state index in [-0.39, 0.29) is 0 Å². The Labute approximate surface area is 70.1 Å². The second-order valence-electron chi connectivity index (χ2n) is 2.19. The smallest absolute Gasteiger partial charge is 0.301 e. The molecule has 1 heterocycles. The molecule has 0 aliphatic carbocycles. The van der Waals surface area contributed by atoms with Crippen molar-refractivity contribution in [1.82, 2.24) is 4.98 Å². The lowest BCUT2D eigenvalue weighted by Crippen LogP contribution is -2.24. The maximum absolute atomic E-state index is 10.8. The van der Waals surface area contributed by atoms with Gasteiger partial charge in [0.1, 0.15) is 0 Å². The number of hydrogen-bond donors (Lipinski definition) is 0. The number of nitriles is 1. The zero-order valence-electron chi connectivity index (χ0n) is 6.56. The van der Waals surface area contributed by atoms with Crippen LogP contribution in [-0.4, -0.2) is 17.9 Å². The molecule has 0 unspecified atom stereocenters. The Morgan fingerprint density at radius 3 is 3.00 bits per heavy atom. The van der Waals surface area contributed by atoms with Crippen molar-refractivity contribution < 1.29 is 4.79 Å². The SMILES string of the molecule is CN(C(=O)C#N)c1cccnc1. The summed E-state index contributed by atoms with van der Waals surface area (Å²) < 4.78 is 0. The molecule has 0 saturated carbocycles. The van der Waals surface area contributed by atoms with Gasteiger partial charge in [0, 0.05) is 13.2 Å². The third-order valence-electron chi connectivity index (χ3n) is 1.43. The highest BCUT2D eigenvalue weighted by atomic mass is 16.2. The largest absolute Gasteiger partial charge is 0.329 e. The van der Waals surface area contributed by atoms with E-state index in [9.17, 15) is 4.79 Å². The number of amides is 1. The number of hydrogen-bond acceptors (Lipinski definition) is 3. The normalized spacial score (nSPS) is 8.67. The van der Waals surface area contributed by atoms with Crippen LogP contribution in [0.2, 0.25) is 0 Å². The first-order chi connectivity index (χ1) is 5.75. The fourth-order valence-corrected chi connectivity index (χ4v) is 0.744. The molecule has 0 atom stereocenters. The molecule has 0 aliphatic heterocycles. The minimum atomic E-state index is -0.594. The Bertz CT molecular complexity index is 315. The van der Waals surface area contributed by atoms with Gasteiger partial charge in [0.2, 0.25) is 0 Å². The molecule has 0 N–H and O–H groups in total. The second-order valence-corrected chi connectivity index (χ2v) is 2.19. The quantitative estimate of drug-likeness (QED) is 0.566. The molecule has 1 aromatic heterocycles. The van der Waals surface area contributed by atoms with Crippen molar-refractivity contribution in [2.45, 2.75) is 0 Å². The zero-order valence-corrected chi connectivity index (χ0v) is 6.56. The van der Waals surface area contributed by atoms with Crippen LogP contribution in [-0.2, 0) is 4.79 Å². The van der Waals surface area contributed by atoms with E-state index in [0.29, 0.717) is 5.69 Å². The van der Waals surface area contributed by atoms with E-state index in [1.54, 1.807) is 18.3 Å². The van der Waals surface area contributed by atoms with Gasteiger partial charge < -0.3 is 4.90 Å². The van der Waals surface area contributed by atoms with E-state index >= 15 is 0 Å². The molecule has 0 aliphatic rings. The van der Waals surface area contributed by atoms with Crippen LogP contribution in [0.3, 0.4) is 0 Å². The van der Waals surface area contributed by atoms with Crippen LogP contribution >= 0.6 is 0 Å². The van der Waals surface area contributed by atoms with E-state index in [0.717, 1.165) is 0 Å². The molecular weight excluding hydrogens is 154 g/mol. The average molecular weight is 161 g/mol. The fourth-order valence-electron chi connectivity index (χ4n) is 0.744. The van der Waals surface area contributed by atoms with Gasteiger partial charge in [-0.2, -0.15) is 5.26 Å². The Morgan fingerprint density at radius 1 is 1.75 bits per heavy atom. The summed E-state index contributed by atoms with van der Waals surface area (Å²) in [5.74, 6) is -0.594. The Morgan fingerprint density at radius 2 is 2.50 bits per heavy atom. The lowest BCUT2D eigenvalue weighted by atomic mass is 10.4. The Hall–Kier alpha value is -1.89. The molecule has 1 aromatic rings. The van der Waals surface area contributed by atoms with Crippen LogP contribution in [0.4, 0.5) is 5.69 Å². The third kappa shape index (κ3) is 1.58. The molecule has 12 heavy (non-hydrogen) atoms. The minimum absolute atomic E-state index is 0.594.